The van der Waals surface area contributed by atoms with Gasteiger partial charge in [-0.1, -0.05) is 93.5 Å². The van der Waals surface area contributed by atoms with E-state index in [4.69, 9.17) is 4.98 Å². The maximum atomic E-state index is 11.5. The van der Waals surface area contributed by atoms with Gasteiger partial charge in [-0.15, -0.1) is 33.9 Å². The molecule has 0 saturated carbocycles. The number of para-hydroxylation sites is 1. The molecular weight excluding hydrogens is 611 g/mol. The summed E-state index contributed by atoms with van der Waals surface area (Å²) in [6.07, 6.45) is 1.33. The van der Waals surface area contributed by atoms with E-state index in [-0.39, 0.29) is 37.1 Å². The standard InChI is InChI=1S/C20H20N.C11H20O2.Ir/c1-12-10-18(16(5)15(4)14(12)3)20-11-13(2)17-8-6-7-9-19(17)21-20;1-10(2,3)8(12)7-9(13)11(4,5)6;/h6-9,11H,1-5H3;7,12H,1-6H3;/q-1;;/b;8-7-;. The van der Waals surface area contributed by atoms with E-state index in [1.54, 1.807) is 0 Å². The molecule has 1 radical (unpaired) electrons. The summed E-state index contributed by atoms with van der Waals surface area (Å²) in [7, 11) is 0. The van der Waals surface area contributed by atoms with Gasteiger partial charge >= 0.3 is 0 Å². The van der Waals surface area contributed by atoms with Crippen molar-refractivity contribution >= 4 is 16.7 Å². The van der Waals surface area contributed by atoms with E-state index in [2.05, 4.69) is 65.0 Å². The third-order valence-electron chi connectivity index (χ3n) is 6.33. The monoisotopic (exact) mass is 651 g/mol. The van der Waals surface area contributed by atoms with Gasteiger partial charge in [-0.3, -0.25) is 9.78 Å². The number of carbonyl (C=O) groups excluding carboxylic acids is 1. The van der Waals surface area contributed by atoms with Crippen LogP contribution >= 0.6 is 0 Å². The molecule has 1 heterocycles. The molecule has 1 aromatic heterocycles. The summed E-state index contributed by atoms with van der Waals surface area (Å²) >= 11 is 0. The van der Waals surface area contributed by atoms with Crippen molar-refractivity contribution in [3.05, 3.63) is 76.1 Å². The van der Waals surface area contributed by atoms with E-state index in [0.717, 1.165) is 16.8 Å². The molecule has 0 aliphatic carbocycles. The molecule has 35 heavy (non-hydrogen) atoms. The number of allylic oxidation sites excluding steroid dienone is 2. The van der Waals surface area contributed by atoms with Crippen molar-refractivity contribution in [1.82, 2.24) is 4.98 Å². The predicted octanol–water partition coefficient (Wildman–Crippen LogP) is 8.33. The summed E-state index contributed by atoms with van der Waals surface area (Å²) in [6, 6.07) is 14.0. The van der Waals surface area contributed by atoms with E-state index in [0.29, 0.717) is 0 Å². The van der Waals surface area contributed by atoms with Crippen LogP contribution in [0.2, 0.25) is 0 Å². The van der Waals surface area contributed by atoms with Crippen LogP contribution in [-0.2, 0) is 24.9 Å². The fourth-order valence-corrected chi connectivity index (χ4v) is 3.42. The summed E-state index contributed by atoms with van der Waals surface area (Å²) in [5.41, 5.74) is 8.86. The molecule has 3 rings (SSSR count). The van der Waals surface area contributed by atoms with E-state index in [9.17, 15) is 9.90 Å². The number of fused-ring (bicyclic) bond motifs is 1. The smallest absolute Gasteiger partial charge is 0.164 e. The minimum Gasteiger partial charge on any atom is -0.512 e. The van der Waals surface area contributed by atoms with Gasteiger partial charge in [-0.05, 0) is 24.2 Å². The molecule has 0 bridgehead atoms. The van der Waals surface area contributed by atoms with Crippen molar-refractivity contribution in [3.8, 4) is 11.3 Å². The molecule has 0 saturated heterocycles. The zero-order valence-corrected chi connectivity index (χ0v) is 25.5. The average molecular weight is 651 g/mol. The van der Waals surface area contributed by atoms with Gasteiger partial charge in [0.1, 0.15) is 5.76 Å². The predicted molar refractivity (Wildman–Crippen MR) is 144 cm³/mol. The molecule has 2 aromatic carbocycles. The van der Waals surface area contributed by atoms with Crippen LogP contribution in [0.5, 0.6) is 0 Å². The van der Waals surface area contributed by atoms with E-state index < -0.39 is 5.41 Å². The summed E-state index contributed by atoms with van der Waals surface area (Å²) in [4.78, 5) is 16.3. The van der Waals surface area contributed by atoms with Gasteiger partial charge in [0.15, 0.2) is 5.78 Å². The second kappa shape index (κ2) is 11.6. The maximum Gasteiger partial charge on any atom is 0.164 e. The number of ketones is 1. The molecule has 3 aromatic rings. The fraction of sp³-hybridized carbons (Fsp3) is 0.419. The third kappa shape index (κ3) is 7.59. The first-order chi connectivity index (χ1) is 15.5. The second-order valence-corrected chi connectivity index (χ2v) is 11.2. The van der Waals surface area contributed by atoms with Gasteiger partial charge in [0.2, 0.25) is 0 Å². The topological polar surface area (TPSA) is 50.2 Å². The van der Waals surface area contributed by atoms with Crippen molar-refractivity contribution in [2.75, 3.05) is 0 Å². The summed E-state index contributed by atoms with van der Waals surface area (Å²) in [5.74, 6) is 0.104. The Morgan fingerprint density at radius 1 is 0.886 bits per heavy atom. The van der Waals surface area contributed by atoms with Gasteiger partial charge in [-0.2, -0.15) is 0 Å². The molecule has 0 spiro atoms. The molecule has 1 N–H and O–H groups in total. The van der Waals surface area contributed by atoms with Crippen LogP contribution in [0.4, 0.5) is 0 Å². The zero-order chi connectivity index (χ0) is 26.0. The SMILES string of the molecule is CC(C)(C)C(=O)/C=C(\O)C(C)(C)C.Cc1[c-]c(-c2cc(C)c3ccccc3n2)c(C)c(C)c1C.[Ir]. The molecule has 3 nitrogen and oxygen atoms in total. The molecule has 0 aliphatic rings. The number of pyridine rings is 1. The van der Waals surface area contributed by atoms with Crippen LogP contribution in [-0.4, -0.2) is 15.9 Å². The Labute approximate surface area is 225 Å². The van der Waals surface area contributed by atoms with Gasteiger partial charge in [0.05, 0.1) is 5.52 Å². The maximum absolute atomic E-state index is 11.5. The number of aliphatic hydroxyl groups is 1. The van der Waals surface area contributed by atoms with E-state index >= 15 is 0 Å². The first-order valence-electron chi connectivity index (χ1n) is 11.9. The van der Waals surface area contributed by atoms with Gasteiger partial charge in [0.25, 0.3) is 0 Å². The second-order valence-electron chi connectivity index (χ2n) is 11.2. The largest absolute Gasteiger partial charge is 0.512 e. The van der Waals surface area contributed by atoms with Crippen molar-refractivity contribution in [3.63, 3.8) is 0 Å². The Kier molecular flexibility index (Phi) is 10.2. The average Bonchev–Trinajstić information content (AvgIpc) is 2.74. The van der Waals surface area contributed by atoms with E-state index in [1.165, 1.54) is 39.3 Å². The molecule has 0 atom stereocenters. The number of nitrogens with zero attached hydrogens (tertiary/aromatic N) is 1. The summed E-state index contributed by atoms with van der Waals surface area (Å²) in [5, 5.41) is 10.8. The number of carbonyl (C=O) groups is 1. The molecular formula is C31H40IrNO2-. The van der Waals surface area contributed by atoms with Crippen LogP contribution in [0.15, 0.2) is 42.2 Å². The fourth-order valence-electron chi connectivity index (χ4n) is 3.42. The minimum atomic E-state index is -0.417. The third-order valence-corrected chi connectivity index (χ3v) is 6.33. The molecule has 0 unspecified atom stereocenters. The Morgan fingerprint density at radius 2 is 1.46 bits per heavy atom. The van der Waals surface area contributed by atoms with Crippen LogP contribution < -0.4 is 0 Å². The van der Waals surface area contributed by atoms with Crippen molar-refractivity contribution in [1.29, 1.82) is 0 Å². The Hall–Kier alpha value is -2.29. The molecule has 4 heteroatoms. The Balaban J connectivity index is 0.000000383. The van der Waals surface area contributed by atoms with Crippen LogP contribution in [0, 0.1) is 51.5 Å². The van der Waals surface area contributed by atoms with Crippen LogP contribution in [0.3, 0.4) is 0 Å². The summed E-state index contributed by atoms with van der Waals surface area (Å²) in [6.45, 7) is 21.9. The number of aromatic nitrogens is 1. The van der Waals surface area contributed by atoms with Crippen molar-refractivity contribution < 1.29 is 30.0 Å². The molecule has 0 amide bonds. The first-order valence-corrected chi connectivity index (χ1v) is 11.9. The molecule has 0 aliphatic heterocycles. The number of benzene rings is 2. The minimum absolute atomic E-state index is 0. The number of aryl methyl sites for hydroxylation is 2. The first kappa shape index (κ1) is 30.7. The Bertz CT molecular complexity index is 1240. The summed E-state index contributed by atoms with van der Waals surface area (Å²) < 4.78 is 0. The number of aliphatic hydroxyl groups excluding tert-OH is 1. The molecule has 0 fully saturated rings. The van der Waals surface area contributed by atoms with Gasteiger partial charge < -0.3 is 5.11 Å². The zero-order valence-electron chi connectivity index (χ0n) is 23.1. The van der Waals surface area contributed by atoms with Gasteiger partial charge in [0, 0.05) is 42.4 Å². The van der Waals surface area contributed by atoms with Crippen molar-refractivity contribution in [2.45, 2.75) is 76.2 Å². The molecule has 191 valence electrons. The van der Waals surface area contributed by atoms with Gasteiger partial charge in [-0.25, -0.2) is 0 Å². The Morgan fingerprint density at radius 3 is 2.00 bits per heavy atom. The number of hydrogen-bond donors (Lipinski definition) is 1. The van der Waals surface area contributed by atoms with E-state index in [1.807, 2.05) is 47.6 Å². The van der Waals surface area contributed by atoms with Crippen molar-refractivity contribution in [2.24, 2.45) is 10.8 Å². The van der Waals surface area contributed by atoms with Crippen LogP contribution in [0.25, 0.3) is 22.2 Å². The number of hydrogen-bond acceptors (Lipinski definition) is 3. The van der Waals surface area contributed by atoms with Crippen LogP contribution in [0.1, 0.15) is 69.4 Å². The quantitative estimate of drug-likeness (QED) is 0.172. The normalized spacial score (nSPS) is 12.0. The number of rotatable bonds is 2.